The van der Waals surface area contributed by atoms with Crippen molar-refractivity contribution in [2.75, 3.05) is 5.75 Å². The second-order valence-electron chi connectivity index (χ2n) is 5.22. The van der Waals surface area contributed by atoms with Gasteiger partial charge in [-0.05, 0) is 5.92 Å². The van der Waals surface area contributed by atoms with Crippen LogP contribution in [0.2, 0.25) is 0 Å². The summed E-state index contributed by atoms with van der Waals surface area (Å²) in [5, 5.41) is 13.5. The lowest BCUT2D eigenvalue weighted by molar-refractivity contribution is -0.143. The third-order valence-corrected chi connectivity index (χ3v) is 3.76. The number of nitrogens with two attached hydrogens (primary N) is 2. The highest BCUT2D eigenvalue weighted by Crippen LogP contribution is 2.06. The van der Waals surface area contributed by atoms with Gasteiger partial charge in [0.2, 0.25) is 17.7 Å². The summed E-state index contributed by atoms with van der Waals surface area (Å²) in [4.78, 5) is 45.8. The summed E-state index contributed by atoms with van der Waals surface area (Å²) in [6.45, 7) is 3.68. The number of thiol groups is 1. The van der Waals surface area contributed by atoms with Gasteiger partial charge in [-0.3, -0.25) is 14.4 Å². The normalized spacial score (nSPS) is 15.8. The van der Waals surface area contributed by atoms with Crippen molar-refractivity contribution in [1.29, 1.82) is 0 Å². The lowest BCUT2D eigenvalue weighted by atomic mass is 9.99. The molecule has 9 nitrogen and oxygen atoms in total. The molecule has 0 radical (unpaired) electrons. The van der Waals surface area contributed by atoms with Crippen molar-refractivity contribution in [2.45, 2.75) is 44.8 Å². The van der Waals surface area contributed by atoms with Crippen LogP contribution in [-0.2, 0) is 19.2 Å². The van der Waals surface area contributed by atoms with Crippen molar-refractivity contribution < 1.29 is 24.3 Å². The van der Waals surface area contributed by atoms with Gasteiger partial charge in [-0.25, -0.2) is 4.79 Å². The lowest BCUT2D eigenvalue weighted by Crippen LogP contribution is -2.56. The fraction of sp³-hybridized carbons (Fsp3) is 0.692. The average molecular weight is 348 g/mol. The molecule has 0 aliphatic rings. The van der Waals surface area contributed by atoms with E-state index in [9.17, 15) is 19.2 Å². The van der Waals surface area contributed by atoms with E-state index in [-0.39, 0.29) is 11.7 Å². The number of hydrogen-bond donors (Lipinski definition) is 6. The third kappa shape index (κ3) is 7.33. The quantitative estimate of drug-likeness (QED) is 0.255. The number of carboxylic acids is 1. The molecule has 23 heavy (non-hydrogen) atoms. The summed E-state index contributed by atoms with van der Waals surface area (Å²) in [6, 6.07) is -3.34. The van der Waals surface area contributed by atoms with Crippen molar-refractivity contribution in [1.82, 2.24) is 10.6 Å². The summed E-state index contributed by atoms with van der Waals surface area (Å²) in [5.74, 6) is -3.73. The van der Waals surface area contributed by atoms with Crippen LogP contribution in [0.3, 0.4) is 0 Å². The van der Waals surface area contributed by atoms with E-state index in [2.05, 4.69) is 23.3 Å². The molecule has 0 rings (SSSR count). The van der Waals surface area contributed by atoms with E-state index in [4.69, 9.17) is 16.6 Å². The lowest BCUT2D eigenvalue weighted by Gasteiger charge is -2.23. The first-order chi connectivity index (χ1) is 10.6. The van der Waals surface area contributed by atoms with E-state index in [0.29, 0.717) is 6.42 Å². The molecule has 0 aliphatic carbocycles. The maximum Gasteiger partial charge on any atom is 0.326 e. The minimum atomic E-state index is -1.47. The van der Waals surface area contributed by atoms with Crippen LogP contribution in [0.1, 0.15) is 26.7 Å². The van der Waals surface area contributed by atoms with Crippen LogP contribution in [0.5, 0.6) is 0 Å². The predicted molar refractivity (Wildman–Crippen MR) is 86.6 cm³/mol. The van der Waals surface area contributed by atoms with E-state index in [1.54, 1.807) is 6.92 Å². The third-order valence-electron chi connectivity index (χ3n) is 3.40. The molecule has 4 unspecified atom stereocenters. The molecule has 0 spiro atoms. The highest BCUT2D eigenvalue weighted by molar-refractivity contribution is 7.80. The topological polar surface area (TPSA) is 165 Å². The Morgan fingerprint density at radius 1 is 1.13 bits per heavy atom. The monoisotopic (exact) mass is 348 g/mol. The fourth-order valence-corrected chi connectivity index (χ4v) is 1.91. The fourth-order valence-electron chi connectivity index (χ4n) is 1.65. The molecule has 132 valence electrons. The Hall–Kier alpha value is -1.81. The molecule has 10 heteroatoms. The second kappa shape index (κ2) is 10.1. The Labute approximate surface area is 139 Å². The largest absolute Gasteiger partial charge is 0.480 e. The summed E-state index contributed by atoms with van der Waals surface area (Å²) in [6.07, 6.45) is 0.132. The summed E-state index contributed by atoms with van der Waals surface area (Å²) in [7, 11) is 0. The van der Waals surface area contributed by atoms with E-state index in [1.165, 1.54) is 0 Å². The van der Waals surface area contributed by atoms with Crippen LogP contribution < -0.4 is 22.1 Å². The van der Waals surface area contributed by atoms with Gasteiger partial charge in [-0.2, -0.15) is 12.6 Å². The molecule has 0 aromatic heterocycles. The van der Waals surface area contributed by atoms with Crippen molar-refractivity contribution in [3.63, 3.8) is 0 Å². The highest BCUT2D eigenvalue weighted by atomic mass is 32.1. The molecular weight excluding hydrogens is 324 g/mol. The Bertz CT molecular complexity index is 460. The van der Waals surface area contributed by atoms with Gasteiger partial charge in [0, 0.05) is 5.75 Å². The smallest absolute Gasteiger partial charge is 0.326 e. The SMILES string of the molecule is CCC(C)C(N)C(=O)NC(CS)C(=O)NC(CC(N)=O)C(=O)O. The predicted octanol–water partition coefficient (Wildman–Crippen LogP) is -1.78. The molecule has 7 N–H and O–H groups in total. The van der Waals surface area contributed by atoms with Gasteiger partial charge in [0.25, 0.3) is 0 Å². The molecule has 0 saturated carbocycles. The van der Waals surface area contributed by atoms with Crippen LogP contribution in [0, 0.1) is 5.92 Å². The number of aliphatic carboxylic acids is 1. The number of primary amides is 1. The van der Waals surface area contributed by atoms with Gasteiger partial charge < -0.3 is 27.2 Å². The minimum absolute atomic E-state index is 0.0618. The van der Waals surface area contributed by atoms with Crippen LogP contribution in [0.15, 0.2) is 0 Å². The number of carbonyl (C=O) groups excluding carboxylic acids is 3. The Balaban J connectivity index is 4.82. The standard InChI is InChI=1S/C13H24N4O5S/c1-3-6(2)10(15)12(20)17-8(5-23)11(19)16-7(13(21)22)4-9(14)18/h6-8,10,23H,3-5,15H2,1-2H3,(H2,14,18)(H,16,19)(H,17,20)(H,21,22). The number of hydrogen-bond acceptors (Lipinski definition) is 6. The van der Waals surface area contributed by atoms with E-state index < -0.39 is 48.2 Å². The zero-order chi connectivity index (χ0) is 18.2. The number of carboxylic acid groups (broad SMARTS) is 1. The van der Waals surface area contributed by atoms with Gasteiger partial charge in [0.15, 0.2) is 0 Å². The second-order valence-corrected chi connectivity index (χ2v) is 5.59. The van der Waals surface area contributed by atoms with E-state index in [0.717, 1.165) is 0 Å². The molecule has 0 aromatic carbocycles. The Morgan fingerprint density at radius 3 is 2.04 bits per heavy atom. The Morgan fingerprint density at radius 2 is 1.65 bits per heavy atom. The summed E-state index contributed by atoms with van der Waals surface area (Å²) in [5.41, 5.74) is 10.7. The number of rotatable bonds is 10. The molecule has 0 heterocycles. The molecule has 0 fully saturated rings. The maximum absolute atomic E-state index is 12.0. The van der Waals surface area contributed by atoms with Crippen molar-refractivity contribution in [3.05, 3.63) is 0 Å². The number of nitrogens with one attached hydrogen (secondary N) is 2. The zero-order valence-corrected chi connectivity index (χ0v) is 14.0. The maximum atomic E-state index is 12.0. The molecule has 4 atom stereocenters. The minimum Gasteiger partial charge on any atom is -0.480 e. The van der Waals surface area contributed by atoms with E-state index >= 15 is 0 Å². The molecule has 0 aliphatic heterocycles. The van der Waals surface area contributed by atoms with E-state index in [1.807, 2.05) is 6.92 Å². The average Bonchev–Trinajstić information content (AvgIpc) is 2.49. The Kier molecular flexibility index (Phi) is 9.27. The highest BCUT2D eigenvalue weighted by Gasteiger charge is 2.29. The van der Waals surface area contributed by atoms with Crippen molar-refractivity contribution in [3.8, 4) is 0 Å². The first-order valence-corrected chi connectivity index (χ1v) is 7.75. The molecular formula is C13H24N4O5S. The van der Waals surface area contributed by atoms with Crippen LogP contribution >= 0.6 is 12.6 Å². The first kappa shape index (κ1) is 21.2. The summed E-state index contributed by atoms with van der Waals surface area (Å²) < 4.78 is 0. The molecule has 0 saturated heterocycles. The summed E-state index contributed by atoms with van der Waals surface area (Å²) >= 11 is 3.96. The van der Waals surface area contributed by atoms with Crippen molar-refractivity contribution >= 4 is 36.3 Å². The van der Waals surface area contributed by atoms with Gasteiger partial charge in [-0.1, -0.05) is 20.3 Å². The zero-order valence-electron chi connectivity index (χ0n) is 13.1. The first-order valence-electron chi connectivity index (χ1n) is 7.12. The number of carbonyl (C=O) groups is 4. The van der Waals surface area contributed by atoms with Gasteiger partial charge in [0.1, 0.15) is 12.1 Å². The number of amides is 3. The van der Waals surface area contributed by atoms with Crippen molar-refractivity contribution in [2.24, 2.45) is 17.4 Å². The van der Waals surface area contributed by atoms with Crippen LogP contribution in [0.4, 0.5) is 0 Å². The van der Waals surface area contributed by atoms with Crippen LogP contribution in [-0.4, -0.2) is 52.7 Å². The molecule has 0 aromatic rings. The van der Waals surface area contributed by atoms with Gasteiger partial charge in [0.05, 0.1) is 12.5 Å². The van der Waals surface area contributed by atoms with Gasteiger partial charge in [-0.15, -0.1) is 0 Å². The van der Waals surface area contributed by atoms with Gasteiger partial charge >= 0.3 is 5.97 Å². The molecule has 3 amide bonds. The van der Waals surface area contributed by atoms with Crippen LogP contribution in [0.25, 0.3) is 0 Å². The molecule has 0 bridgehead atoms.